The van der Waals surface area contributed by atoms with Crippen molar-refractivity contribution >= 4 is 28.7 Å². The van der Waals surface area contributed by atoms with Gasteiger partial charge in [0.05, 0.1) is 7.11 Å². The predicted octanol–water partition coefficient (Wildman–Crippen LogP) is 2.09. The Morgan fingerprint density at radius 3 is 2.88 bits per heavy atom. The van der Waals surface area contributed by atoms with Crippen molar-refractivity contribution in [1.82, 2.24) is 10.2 Å². The highest BCUT2D eigenvalue weighted by Gasteiger charge is 2.34. The Balaban J connectivity index is 1.90. The molecule has 8 nitrogen and oxygen atoms in total. The van der Waals surface area contributed by atoms with Crippen LogP contribution < -0.4 is 10.9 Å². The Morgan fingerprint density at radius 2 is 2.12 bits per heavy atom. The smallest absolute Gasteiger partial charge is 0.356 e. The zero-order chi connectivity index (χ0) is 18.4. The highest BCUT2D eigenvalue weighted by molar-refractivity contribution is 5.99. The minimum Gasteiger partial charge on any atom is -0.464 e. The third kappa shape index (κ3) is 2.46. The zero-order valence-electron chi connectivity index (χ0n) is 14.1. The SMILES string of the molecule is COC(=O)c1[nH]nc2c1[C@@H](c1ccc3c(C)cc(=O)oc3c1)CC(=O)N2. The molecule has 0 saturated carbocycles. The number of nitrogens with zero attached hydrogens (tertiary/aromatic N) is 1. The molecule has 3 aromatic rings. The van der Waals surface area contributed by atoms with Crippen molar-refractivity contribution in [3.05, 3.63) is 57.1 Å². The van der Waals surface area contributed by atoms with Gasteiger partial charge in [-0.25, -0.2) is 9.59 Å². The van der Waals surface area contributed by atoms with Crippen molar-refractivity contribution < 1.29 is 18.7 Å². The van der Waals surface area contributed by atoms with Gasteiger partial charge in [0.25, 0.3) is 0 Å². The molecule has 4 rings (SSSR count). The molecule has 3 heterocycles. The molecule has 0 unspecified atom stereocenters. The quantitative estimate of drug-likeness (QED) is 0.538. The highest BCUT2D eigenvalue weighted by atomic mass is 16.5. The van der Waals surface area contributed by atoms with Gasteiger partial charge >= 0.3 is 11.6 Å². The van der Waals surface area contributed by atoms with Crippen LogP contribution in [0.1, 0.15) is 39.5 Å². The standard InChI is InChI=1S/C18H15N3O5/c1-8-5-14(23)26-12-6-9(3-4-10(8)12)11-7-13(22)19-17-15(11)16(20-21-17)18(24)25-2/h3-6,11H,7H2,1-2H3,(H2,19,20,21,22)/t11-/m1/s1. The fourth-order valence-corrected chi connectivity index (χ4v) is 3.36. The number of H-pyrrole nitrogens is 1. The van der Waals surface area contributed by atoms with Gasteiger partial charge in [-0.15, -0.1) is 0 Å². The molecule has 8 heteroatoms. The topological polar surface area (TPSA) is 114 Å². The summed E-state index contributed by atoms with van der Waals surface area (Å²) in [7, 11) is 1.28. The lowest BCUT2D eigenvalue weighted by molar-refractivity contribution is -0.116. The largest absolute Gasteiger partial charge is 0.464 e. The van der Waals surface area contributed by atoms with Gasteiger partial charge in [-0.05, 0) is 24.1 Å². The number of amides is 1. The van der Waals surface area contributed by atoms with Crippen molar-refractivity contribution in [3.63, 3.8) is 0 Å². The normalized spacial score (nSPS) is 16.2. The second-order valence-corrected chi connectivity index (χ2v) is 6.16. The molecule has 0 aliphatic carbocycles. The molecular formula is C18H15N3O5. The number of fused-ring (bicyclic) bond motifs is 2. The summed E-state index contributed by atoms with van der Waals surface area (Å²) in [6.45, 7) is 1.83. The van der Waals surface area contributed by atoms with Crippen molar-refractivity contribution in [1.29, 1.82) is 0 Å². The molecule has 132 valence electrons. The lowest BCUT2D eigenvalue weighted by atomic mass is 9.85. The van der Waals surface area contributed by atoms with Crippen LogP contribution in [-0.2, 0) is 9.53 Å². The molecule has 0 fully saturated rings. The maximum Gasteiger partial charge on any atom is 0.356 e. The van der Waals surface area contributed by atoms with Gasteiger partial charge in [0.2, 0.25) is 5.91 Å². The van der Waals surface area contributed by atoms with E-state index in [0.29, 0.717) is 17.0 Å². The minimum atomic E-state index is -0.567. The van der Waals surface area contributed by atoms with Crippen molar-refractivity contribution in [2.24, 2.45) is 0 Å². The molecule has 1 amide bonds. The van der Waals surface area contributed by atoms with E-state index in [4.69, 9.17) is 9.15 Å². The van der Waals surface area contributed by atoms with Crippen LogP contribution >= 0.6 is 0 Å². The van der Waals surface area contributed by atoms with E-state index < -0.39 is 17.5 Å². The van der Waals surface area contributed by atoms with Gasteiger partial charge in [-0.1, -0.05) is 12.1 Å². The van der Waals surface area contributed by atoms with Gasteiger partial charge in [-0.2, -0.15) is 5.10 Å². The second-order valence-electron chi connectivity index (χ2n) is 6.16. The van der Waals surface area contributed by atoms with Crippen LogP contribution in [0.25, 0.3) is 11.0 Å². The van der Waals surface area contributed by atoms with Crippen molar-refractivity contribution in [3.8, 4) is 0 Å². The Hall–Kier alpha value is -3.42. The molecule has 1 aromatic carbocycles. The summed E-state index contributed by atoms with van der Waals surface area (Å²) < 4.78 is 10.1. The zero-order valence-corrected chi connectivity index (χ0v) is 14.1. The maximum absolute atomic E-state index is 12.1. The average molecular weight is 353 g/mol. The monoisotopic (exact) mass is 353 g/mol. The lowest BCUT2D eigenvalue weighted by Crippen LogP contribution is -2.24. The lowest BCUT2D eigenvalue weighted by Gasteiger charge is -2.23. The van der Waals surface area contributed by atoms with E-state index in [0.717, 1.165) is 16.5 Å². The third-order valence-electron chi connectivity index (χ3n) is 4.57. The van der Waals surface area contributed by atoms with E-state index in [9.17, 15) is 14.4 Å². The van der Waals surface area contributed by atoms with Crippen LogP contribution in [0, 0.1) is 6.92 Å². The van der Waals surface area contributed by atoms with E-state index in [1.165, 1.54) is 13.2 Å². The number of aryl methyl sites for hydroxylation is 1. The average Bonchev–Trinajstić information content (AvgIpc) is 3.03. The second kappa shape index (κ2) is 5.83. The first-order valence-corrected chi connectivity index (χ1v) is 7.98. The Labute approximate surface area is 147 Å². The molecule has 2 N–H and O–H groups in total. The van der Waals surface area contributed by atoms with E-state index >= 15 is 0 Å². The van der Waals surface area contributed by atoms with Gasteiger partial charge in [0.1, 0.15) is 11.3 Å². The summed E-state index contributed by atoms with van der Waals surface area (Å²) in [5, 5.41) is 10.1. The Bertz CT molecular complexity index is 1110. The molecule has 1 aliphatic rings. The van der Waals surface area contributed by atoms with Crippen LogP contribution in [-0.4, -0.2) is 29.2 Å². The summed E-state index contributed by atoms with van der Waals surface area (Å²) in [4.78, 5) is 35.8. The van der Waals surface area contributed by atoms with Crippen molar-refractivity contribution in [2.75, 3.05) is 12.4 Å². The number of hydrogen-bond donors (Lipinski definition) is 2. The molecule has 1 aliphatic heterocycles. The summed E-state index contributed by atoms with van der Waals surface area (Å²) in [6, 6.07) is 6.86. The number of anilines is 1. The Morgan fingerprint density at radius 1 is 1.31 bits per heavy atom. The number of ether oxygens (including phenoxy) is 1. The Kier molecular flexibility index (Phi) is 3.61. The summed E-state index contributed by atoms with van der Waals surface area (Å²) in [5.41, 5.74) is 2.30. The van der Waals surface area contributed by atoms with E-state index in [1.54, 1.807) is 6.07 Å². The molecule has 0 bridgehead atoms. The maximum atomic E-state index is 12.1. The number of nitrogens with one attached hydrogen (secondary N) is 2. The molecule has 0 spiro atoms. The fourth-order valence-electron chi connectivity index (χ4n) is 3.36. The number of carbonyl (C=O) groups excluding carboxylic acids is 2. The third-order valence-corrected chi connectivity index (χ3v) is 4.57. The molecule has 26 heavy (non-hydrogen) atoms. The number of aromatic amines is 1. The van der Waals surface area contributed by atoms with Gasteiger partial charge in [0.15, 0.2) is 5.82 Å². The number of benzene rings is 1. The first-order valence-electron chi connectivity index (χ1n) is 7.98. The molecule has 2 aromatic heterocycles. The number of carbonyl (C=O) groups is 2. The van der Waals surface area contributed by atoms with Crippen LogP contribution in [0.3, 0.4) is 0 Å². The summed E-state index contributed by atoms with van der Waals surface area (Å²) in [6.07, 6.45) is 0.137. The van der Waals surface area contributed by atoms with Crippen LogP contribution in [0.5, 0.6) is 0 Å². The molecule has 0 saturated heterocycles. The molecule has 1 atom stereocenters. The predicted molar refractivity (Wildman–Crippen MR) is 92.2 cm³/mol. The van der Waals surface area contributed by atoms with E-state index in [-0.39, 0.29) is 18.0 Å². The summed E-state index contributed by atoms with van der Waals surface area (Å²) >= 11 is 0. The summed E-state index contributed by atoms with van der Waals surface area (Å²) in [5.74, 6) is -0.890. The minimum absolute atomic E-state index is 0.137. The van der Waals surface area contributed by atoms with E-state index in [1.807, 2.05) is 19.1 Å². The highest BCUT2D eigenvalue weighted by Crippen LogP contribution is 2.39. The van der Waals surface area contributed by atoms with Gasteiger partial charge < -0.3 is 14.5 Å². The molecular weight excluding hydrogens is 338 g/mol. The van der Waals surface area contributed by atoms with Gasteiger partial charge in [0, 0.05) is 29.4 Å². The van der Waals surface area contributed by atoms with E-state index in [2.05, 4.69) is 15.5 Å². The van der Waals surface area contributed by atoms with Crippen LogP contribution in [0.15, 0.2) is 33.5 Å². The first-order chi connectivity index (χ1) is 12.5. The van der Waals surface area contributed by atoms with Crippen LogP contribution in [0.4, 0.5) is 5.82 Å². The number of rotatable bonds is 2. The number of esters is 1. The number of hydrogen-bond acceptors (Lipinski definition) is 6. The number of aromatic nitrogens is 2. The van der Waals surface area contributed by atoms with Crippen LogP contribution in [0.2, 0.25) is 0 Å². The van der Waals surface area contributed by atoms with Crippen molar-refractivity contribution in [2.45, 2.75) is 19.3 Å². The number of methoxy groups -OCH3 is 1. The van der Waals surface area contributed by atoms with Gasteiger partial charge in [-0.3, -0.25) is 9.89 Å². The fraction of sp³-hybridized carbons (Fsp3) is 0.222. The first kappa shape index (κ1) is 16.1. The molecule has 0 radical (unpaired) electrons.